The number of nitrogens with one attached hydrogen (secondary N) is 1. The van der Waals surface area contributed by atoms with Gasteiger partial charge in [0.15, 0.2) is 0 Å². The quantitative estimate of drug-likeness (QED) is 0.0320. The van der Waals surface area contributed by atoms with Crippen LogP contribution in [0.5, 0.6) is 0 Å². The number of hydrogen-bond acceptors (Lipinski definition) is 5. The first kappa shape index (κ1) is 86.3. The van der Waals surface area contributed by atoms with E-state index in [9.17, 15) is 19.8 Å². The number of aliphatic hydroxyl groups is 2. The van der Waals surface area contributed by atoms with Crippen molar-refractivity contribution < 1.29 is 24.5 Å². The number of carbonyl (C=O) groups excluding carboxylic acids is 2. The van der Waals surface area contributed by atoms with Gasteiger partial charge < -0.3 is 20.3 Å². The van der Waals surface area contributed by atoms with Gasteiger partial charge in [-0.05, 0) is 57.8 Å². The van der Waals surface area contributed by atoms with Crippen molar-refractivity contribution in [2.24, 2.45) is 0 Å². The molecule has 0 aliphatic carbocycles. The fraction of sp³-hybridized carbons (Fsp3) is 0.927. The van der Waals surface area contributed by atoms with Gasteiger partial charge in [-0.3, -0.25) is 9.59 Å². The summed E-state index contributed by atoms with van der Waals surface area (Å²) in [5.41, 5.74) is 0. The minimum atomic E-state index is -0.844. The highest BCUT2D eigenvalue weighted by Crippen LogP contribution is 2.20. The molecule has 0 aliphatic rings. The number of hydrogen-bond donors (Lipinski definition) is 3. The molecule has 88 heavy (non-hydrogen) atoms. The number of allylic oxidation sites excluding steroid dienone is 3. The van der Waals surface area contributed by atoms with Crippen molar-refractivity contribution in [1.82, 2.24) is 5.32 Å². The largest absolute Gasteiger partial charge is 0.466 e. The summed E-state index contributed by atoms with van der Waals surface area (Å²) in [5, 5.41) is 23.3. The lowest BCUT2D eigenvalue weighted by Crippen LogP contribution is -2.45. The number of unbranched alkanes of at least 4 members (excludes halogenated alkanes) is 64. The van der Waals surface area contributed by atoms with Crippen LogP contribution in [0.4, 0.5) is 0 Å². The molecule has 522 valence electrons. The van der Waals surface area contributed by atoms with Crippen LogP contribution in [0.15, 0.2) is 24.3 Å². The van der Waals surface area contributed by atoms with Gasteiger partial charge in [0.25, 0.3) is 0 Å². The summed E-state index contributed by atoms with van der Waals surface area (Å²) in [6.07, 6.45) is 100. The maximum absolute atomic E-state index is 12.6. The average molecular weight is 1240 g/mol. The molecule has 0 aliphatic heterocycles. The molecule has 6 nitrogen and oxygen atoms in total. The molecule has 0 heterocycles. The predicted molar refractivity (Wildman–Crippen MR) is 389 cm³/mol. The van der Waals surface area contributed by atoms with E-state index in [2.05, 4.69) is 31.3 Å². The van der Waals surface area contributed by atoms with E-state index in [1.165, 1.54) is 398 Å². The van der Waals surface area contributed by atoms with Crippen LogP contribution in [0.3, 0.4) is 0 Å². The lowest BCUT2D eigenvalue weighted by Gasteiger charge is -2.20. The van der Waals surface area contributed by atoms with E-state index in [-0.39, 0.29) is 18.5 Å². The van der Waals surface area contributed by atoms with E-state index < -0.39 is 12.1 Å². The molecule has 2 unspecified atom stereocenters. The Morgan fingerprint density at radius 2 is 0.534 bits per heavy atom. The van der Waals surface area contributed by atoms with Crippen molar-refractivity contribution in [3.8, 4) is 0 Å². The normalized spacial score (nSPS) is 12.5. The van der Waals surface area contributed by atoms with Gasteiger partial charge in [0.05, 0.1) is 25.4 Å². The summed E-state index contributed by atoms with van der Waals surface area (Å²) in [4.78, 5) is 24.7. The topological polar surface area (TPSA) is 95.9 Å². The molecular formula is C82H159NO5. The third-order valence-corrected chi connectivity index (χ3v) is 19.2. The van der Waals surface area contributed by atoms with Crippen LogP contribution in [-0.2, 0) is 14.3 Å². The highest BCUT2D eigenvalue weighted by molar-refractivity contribution is 5.76. The SMILES string of the molecule is CCCCCCCC/C=C\CCCCCCCCCCCC(=O)OCCCCCCCCCCCCCCCCCCCCCCCCCCCCCC(=O)NC(CO)C(O)/C=C/CCCCCCCCCCCCCCCCCCCCCCCCC. The second-order valence-electron chi connectivity index (χ2n) is 28.1. The van der Waals surface area contributed by atoms with E-state index in [0.717, 1.165) is 38.5 Å². The molecule has 1 amide bonds. The van der Waals surface area contributed by atoms with Gasteiger partial charge >= 0.3 is 5.97 Å². The number of aliphatic hydroxyl groups excluding tert-OH is 2. The van der Waals surface area contributed by atoms with Crippen LogP contribution < -0.4 is 5.32 Å². The first-order valence-electron chi connectivity index (χ1n) is 40.6. The molecule has 6 heteroatoms. The molecule has 0 fully saturated rings. The van der Waals surface area contributed by atoms with Crippen LogP contribution in [-0.4, -0.2) is 47.4 Å². The Labute approximate surface area is 551 Å². The number of carbonyl (C=O) groups is 2. The molecule has 0 rings (SSSR count). The molecule has 0 spiro atoms. The molecule has 3 N–H and O–H groups in total. The van der Waals surface area contributed by atoms with E-state index >= 15 is 0 Å². The summed E-state index contributed by atoms with van der Waals surface area (Å²) in [6.45, 7) is 4.96. The molecule has 0 aromatic carbocycles. The zero-order valence-electron chi connectivity index (χ0n) is 60.0. The Morgan fingerprint density at radius 3 is 0.807 bits per heavy atom. The molecule has 0 aromatic rings. The molecular weight excluding hydrogens is 1080 g/mol. The van der Waals surface area contributed by atoms with E-state index in [1.807, 2.05) is 6.08 Å². The number of esters is 1. The second-order valence-corrected chi connectivity index (χ2v) is 28.1. The first-order valence-corrected chi connectivity index (χ1v) is 40.6. The second kappa shape index (κ2) is 77.8. The smallest absolute Gasteiger partial charge is 0.305 e. The lowest BCUT2D eigenvalue weighted by molar-refractivity contribution is -0.143. The molecule has 0 radical (unpaired) electrons. The fourth-order valence-electron chi connectivity index (χ4n) is 13.0. The maximum atomic E-state index is 12.6. The molecule has 2 atom stereocenters. The summed E-state index contributed by atoms with van der Waals surface area (Å²) < 4.78 is 5.52. The number of amides is 1. The zero-order valence-corrected chi connectivity index (χ0v) is 60.0. The number of rotatable bonds is 77. The highest BCUT2D eigenvalue weighted by atomic mass is 16.5. The van der Waals surface area contributed by atoms with Crippen molar-refractivity contribution in [2.75, 3.05) is 13.2 Å². The minimum Gasteiger partial charge on any atom is -0.466 e. The van der Waals surface area contributed by atoms with Crippen LogP contribution in [0.2, 0.25) is 0 Å². The van der Waals surface area contributed by atoms with E-state index in [1.54, 1.807) is 6.08 Å². The first-order chi connectivity index (χ1) is 43.5. The van der Waals surface area contributed by atoms with Gasteiger partial charge in [-0.15, -0.1) is 0 Å². The summed E-state index contributed by atoms with van der Waals surface area (Å²) in [7, 11) is 0. The summed E-state index contributed by atoms with van der Waals surface area (Å²) >= 11 is 0. The predicted octanol–water partition coefficient (Wildman–Crippen LogP) is 26.8. The maximum Gasteiger partial charge on any atom is 0.305 e. The van der Waals surface area contributed by atoms with Crippen LogP contribution in [0.25, 0.3) is 0 Å². The number of ether oxygens (including phenoxy) is 1. The molecule has 0 aromatic heterocycles. The Morgan fingerprint density at radius 1 is 0.307 bits per heavy atom. The summed E-state index contributed by atoms with van der Waals surface area (Å²) in [5.74, 6) is -0.0411. The van der Waals surface area contributed by atoms with Crippen LogP contribution in [0.1, 0.15) is 463 Å². The zero-order chi connectivity index (χ0) is 63.5. The third-order valence-electron chi connectivity index (χ3n) is 19.2. The minimum absolute atomic E-state index is 0.0186. The van der Waals surface area contributed by atoms with Crippen molar-refractivity contribution in [3.63, 3.8) is 0 Å². The van der Waals surface area contributed by atoms with Gasteiger partial charge in [-0.2, -0.15) is 0 Å². The van der Waals surface area contributed by atoms with Gasteiger partial charge in [0.2, 0.25) is 5.91 Å². The monoisotopic (exact) mass is 1240 g/mol. The van der Waals surface area contributed by atoms with Crippen molar-refractivity contribution in [3.05, 3.63) is 24.3 Å². The van der Waals surface area contributed by atoms with Crippen LogP contribution >= 0.6 is 0 Å². The average Bonchev–Trinajstić information content (AvgIpc) is 3.58. The van der Waals surface area contributed by atoms with E-state index in [4.69, 9.17) is 4.74 Å². The van der Waals surface area contributed by atoms with Crippen molar-refractivity contribution in [1.29, 1.82) is 0 Å². The summed E-state index contributed by atoms with van der Waals surface area (Å²) in [6, 6.07) is -0.627. The Balaban J connectivity index is 3.36. The van der Waals surface area contributed by atoms with E-state index in [0.29, 0.717) is 19.4 Å². The van der Waals surface area contributed by atoms with Crippen LogP contribution in [0, 0.1) is 0 Å². The van der Waals surface area contributed by atoms with Crippen molar-refractivity contribution in [2.45, 2.75) is 475 Å². The third kappa shape index (κ3) is 73.4. The Hall–Kier alpha value is -1.66. The fourth-order valence-corrected chi connectivity index (χ4v) is 13.0. The van der Waals surface area contributed by atoms with Gasteiger partial charge in [-0.1, -0.05) is 417 Å². The highest BCUT2D eigenvalue weighted by Gasteiger charge is 2.18. The molecule has 0 bridgehead atoms. The Bertz CT molecular complexity index is 1380. The molecule has 0 saturated heterocycles. The molecule has 0 saturated carbocycles. The lowest BCUT2D eigenvalue weighted by atomic mass is 10.0. The standard InChI is InChI=1S/C82H159NO5/c1-3-5-7-9-11-13-15-17-19-21-23-24-25-29-32-35-39-42-46-50-54-58-62-66-70-74-80(85)79(78-84)83-81(86)75-71-67-63-59-55-51-47-43-40-36-33-30-27-26-28-31-34-37-41-45-49-53-57-61-65-69-73-77-88-82(87)76-72-68-64-60-56-52-48-44-38-22-20-18-16-14-12-10-8-6-4-2/h18,20,70,74,79-80,84-85H,3-17,19,21-69,71-73,75-78H2,1-2H3,(H,83,86)/b20-18-,74-70+. The van der Waals surface area contributed by atoms with Crippen molar-refractivity contribution >= 4 is 11.9 Å². The van der Waals surface area contributed by atoms with Gasteiger partial charge in [0, 0.05) is 12.8 Å². The van der Waals surface area contributed by atoms with Gasteiger partial charge in [-0.25, -0.2) is 0 Å². The Kier molecular flexibility index (Phi) is 76.3. The van der Waals surface area contributed by atoms with Gasteiger partial charge in [0.1, 0.15) is 0 Å².